The van der Waals surface area contributed by atoms with Crippen LogP contribution >= 0.6 is 39.1 Å². The van der Waals surface area contributed by atoms with Crippen LogP contribution < -0.4 is 17.2 Å². The monoisotopic (exact) mass is 431 g/mol. The molecule has 0 unspecified atom stereocenters. The third-order valence-corrected chi connectivity index (χ3v) is 3.32. The van der Waals surface area contributed by atoms with Crippen LogP contribution in [-0.2, 0) is 0 Å². The zero-order valence-electron chi connectivity index (χ0n) is 12.0. The maximum absolute atomic E-state index is 5.45. The Labute approximate surface area is 155 Å². The highest BCUT2D eigenvalue weighted by Crippen LogP contribution is 2.20. The van der Waals surface area contributed by atoms with Crippen molar-refractivity contribution in [3.63, 3.8) is 0 Å². The molecule has 12 heteroatoms. The number of hydrogen-bond donors (Lipinski definition) is 3. The van der Waals surface area contributed by atoms with Gasteiger partial charge in [0.2, 0.25) is 0 Å². The van der Waals surface area contributed by atoms with Gasteiger partial charge >= 0.3 is 0 Å². The highest BCUT2D eigenvalue weighted by atomic mass is 79.9. The summed E-state index contributed by atoms with van der Waals surface area (Å²) in [7, 11) is 0. The van der Waals surface area contributed by atoms with Gasteiger partial charge in [0, 0.05) is 0 Å². The van der Waals surface area contributed by atoms with Crippen molar-refractivity contribution in [3.05, 3.63) is 52.5 Å². The second-order valence-electron chi connectivity index (χ2n) is 3.81. The van der Waals surface area contributed by atoms with Gasteiger partial charge in [0.15, 0.2) is 10.3 Å². The average molecular weight is 433 g/mol. The summed E-state index contributed by atoms with van der Waals surface area (Å²) in [5.74, 6) is 0. The fraction of sp³-hybridized carbons (Fsp3) is 0. The molecule has 0 fully saturated rings. The molecule has 0 spiro atoms. The van der Waals surface area contributed by atoms with E-state index in [0.717, 1.165) is 0 Å². The fourth-order valence-electron chi connectivity index (χ4n) is 0.991. The molecule has 6 N–H and O–H groups in total. The van der Waals surface area contributed by atoms with Crippen molar-refractivity contribution in [3.8, 4) is 0 Å². The number of rotatable bonds is 0. The molecule has 3 heterocycles. The van der Waals surface area contributed by atoms with Crippen LogP contribution in [0.2, 0.25) is 10.3 Å². The molecule has 9 nitrogen and oxygen atoms in total. The Hall–Kier alpha value is -2.30. The number of nitrogen functional groups attached to an aromatic ring is 3. The van der Waals surface area contributed by atoms with Crippen LogP contribution in [0.25, 0.3) is 0 Å². The van der Waals surface area contributed by atoms with E-state index >= 15 is 0 Å². The van der Waals surface area contributed by atoms with E-state index in [2.05, 4.69) is 45.8 Å². The number of anilines is 3. The van der Waals surface area contributed by atoms with Crippen LogP contribution in [0.4, 0.5) is 17.1 Å². The molecule has 0 saturated carbocycles. The fourth-order valence-corrected chi connectivity index (χ4v) is 1.50. The summed E-state index contributed by atoms with van der Waals surface area (Å²) in [6.45, 7) is 0. The van der Waals surface area contributed by atoms with Crippen molar-refractivity contribution < 1.29 is 0 Å². The van der Waals surface area contributed by atoms with Gasteiger partial charge in [-0.15, -0.1) is 0 Å². The van der Waals surface area contributed by atoms with Crippen molar-refractivity contribution in [2.24, 2.45) is 0 Å². The van der Waals surface area contributed by atoms with Crippen molar-refractivity contribution >= 4 is 56.2 Å². The maximum Gasteiger partial charge on any atom is 0.156 e. The molecule has 126 valence electrons. The third kappa shape index (κ3) is 7.31. The molecule has 0 atom stereocenters. The van der Waals surface area contributed by atoms with E-state index in [1.54, 1.807) is 12.4 Å². The molecular weight excluding hydrogens is 421 g/mol. The number of aromatic nitrogens is 6. The first kappa shape index (κ1) is 19.7. The lowest BCUT2D eigenvalue weighted by Gasteiger charge is -1.94. The third-order valence-electron chi connectivity index (χ3n) is 2.06. The maximum atomic E-state index is 5.45. The van der Waals surface area contributed by atoms with Gasteiger partial charge in [0.25, 0.3) is 0 Å². The lowest BCUT2D eigenvalue weighted by molar-refractivity contribution is 1.14. The zero-order chi connectivity index (χ0) is 17.9. The molecule has 3 rings (SSSR count). The van der Waals surface area contributed by atoms with E-state index in [-0.39, 0.29) is 16.0 Å². The lowest BCUT2D eigenvalue weighted by Crippen LogP contribution is -1.91. The van der Waals surface area contributed by atoms with Gasteiger partial charge in [0.1, 0.15) is 29.3 Å². The number of halogens is 3. The summed E-state index contributed by atoms with van der Waals surface area (Å²) in [6, 6.07) is 0. The zero-order valence-corrected chi connectivity index (χ0v) is 15.1. The van der Waals surface area contributed by atoms with E-state index in [0.29, 0.717) is 16.0 Å². The van der Waals surface area contributed by atoms with Crippen LogP contribution in [0.15, 0.2) is 42.2 Å². The van der Waals surface area contributed by atoms with Gasteiger partial charge in [-0.1, -0.05) is 23.2 Å². The summed E-state index contributed by atoms with van der Waals surface area (Å²) < 4.78 is 0.646. The minimum absolute atomic E-state index is 0.190. The molecule has 3 aromatic heterocycles. The van der Waals surface area contributed by atoms with E-state index < -0.39 is 0 Å². The van der Waals surface area contributed by atoms with Crippen LogP contribution in [-0.4, -0.2) is 29.9 Å². The predicted molar refractivity (Wildman–Crippen MR) is 97.1 cm³/mol. The minimum Gasteiger partial charge on any atom is -0.396 e. The van der Waals surface area contributed by atoms with Crippen LogP contribution in [0.1, 0.15) is 0 Å². The van der Waals surface area contributed by atoms with Crippen molar-refractivity contribution in [1.82, 2.24) is 29.9 Å². The number of nitrogens with zero attached hydrogens (tertiary/aromatic N) is 6. The molecule has 0 radical (unpaired) electrons. The van der Waals surface area contributed by atoms with Gasteiger partial charge < -0.3 is 17.2 Å². The molecule has 0 bridgehead atoms. The summed E-state index contributed by atoms with van der Waals surface area (Å²) in [4.78, 5) is 21.9. The number of nitrogens with two attached hydrogens (primary N) is 3. The highest BCUT2D eigenvalue weighted by molar-refractivity contribution is 9.10. The Morgan fingerprint density at radius 1 is 0.750 bits per heavy atom. The first-order chi connectivity index (χ1) is 11.4. The molecule has 0 aliphatic rings. The molecule has 0 aliphatic heterocycles. The second kappa shape index (κ2) is 10.5. The van der Waals surface area contributed by atoms with Crippen LogP contribution in [0, 0.1) is 0 Å². The standard InChI is InChI=1S/C4H4BrN3.C4H3Cl2N3.C4H5N3/c5-4-3(6)1-7-2-8-4;5-3-2(7)4(6)9-1-8-3;5-4-1-6-3-7-2-4/h1-2H,6H2;1H,7H2;1-3H,5H2. The smallest absolute Gasteiger partial charge is 0.156 e. The highest BCUT2D eigenvalue weighted by Gasteiger charge is 2.00. The number of hydrogen-bond acceptors (Lipinski definition) is 9. The first-order valence-corrected chi connectivity index (χ1v) is 7.59. The summed E-state index contributed by atoms with van der Waals surface area (Å²) in [6.07, 6.45) is 8.76. The van der Waals surface area contributed by atoms with E-state index in [9.17, 15) is 0 Å². The van der Waals surface area contributed by atoms with Gasteiger partial charge in [-0.3, -0.25) is 0 Å². The van der Waals surface area contributed by atoms with Gasteiger partial charge in [-0.2, -0.15) is 0 Å². The van der Waals surface area contributed by atoms with Gasteiger partial charge in [-0.05, 0) is 15.9 Å². The van der Waals surface area contributed by atoms with Crippen molar-refractivity contribution in [2.45, 2.75) is 0 Å². The average Bonchev–Trinajstić information content (AvgIpc) is 2.57. The summed E-state index contributed by atoms with van der Waals surface area (Å²) >= 11 is 14.0. The first-order valence-electron chi connectivity index (χ1n) is 6.04. The molecule has 0 aliphatic carbocycles. The Balaban J connectivity index is 0.000000181. The molecule has 0 aromatic carbocycles. The molecular formula is C12H12BrCl2N9. The summed E-state index contributed by atoms with van der Waals surface area (Å²) in [5, 5.41) is 0.380. The van der Waals surface area contributed by atoms with Crippen LogP contribution in [0.3, 0.4) is 0 Å². The molecule has 3 aromatic rings. The van der Waals surface area contributed by atoms with E-state index in [1.807, 2.05) is 0 Å². The van der Waals surface area contributed by atoms with E-state index in [4.69, 9.17) is 40.4 Å². The van der Waals surface area contributed by atoms with Crippen molar-refractivity contribution in [1.29, 1.82) is 0 Å². The summed E-state index contributed by atoms with van der Waals surface area (Å²) in [5.41, 5.74) is 17.3. The second-order valence-corrected chi connectivity index (χ2v) is 5.28. The Morgan fingerprint density at radius 2 is 1.29 bits per heavy atom. The molecule has 0 amide bonds. The van der Waals surface area contributed by atoms with Crippen LogP contribution in [0.5, 0.6) is 0 Å². The SMILES string of the molecule is Nc1c(Cl)ncnc1Cl.Nc1cncnc1.Nc1cncnc1Br. The lowest BCUT2D eigenvalue weighted by atomic mass is 10.6. The largest absolute Gasteiger partial charge is 0.396 e. The minimum atomic E-state index is 0.190. The molecule has 24 heavy (non-hydrogen) atoms. The van der Waals surface area contributed by atoms with E-state index in [1.165, 1.54) is 25.2 Å². The normalized spacial score (nSPS) is 9.12. The predicted octanol–water partition coefficient (Wildman–Crippen LogP) is 2.25. The van der Waals surface area contributed by atoms with Gasteiger partial charge in [-0.25, -0.2) is 29.9 Å². The Bertz CT molecular complexity index is 719. The Kier molecular flexibility index (Phi) is 8.61. The van der Waals surface area contributed by atoms with Gasteiger partial charge in [0.05, 0.1) is 30.0 Å². The topological polar surface area (TPSA) is 155 Å². The Morgan fingerprint density at radius 3 is 1.62 bits per heavy atom. The molecule has 0 saturated heterocycles. The van der Waals surface area contributed by atoms with Crippen molar-refractivity contribution in [2.75, 3.05) is 17.2 Å². The quantitative estimate of drug-likeness (QED) is 0.453.